The minimum absolute atomic E-state index is 0.183. The van der Waals surface area contributed by atoms with Crippen LogP contribution in [0.3, 0.4) is 0 Å². The molecule has 1 aromatic carbocycles. The standard InChI is InChI=1S/C13H19Cl2N/c1-2-3-4-5-12(16)9-10-8-11(14)6-7-13(10)15/h6-8,12H,2-5,9,16H2,1H3. The van der Waals surface area contributed by atoms with Crippen molar-refractivity contribution in [2.75, 3.05) is 0 Å². The van der Waals surface area contributed by atoms with E-state index in [9.17, 15) is 0 Å². The fourth-order valence-electron chi connectivity index (χ4n) is 1.74. The molecule has 0 aliphatic heterocycles. The van der Waals surface area contributed by atoms with Crippen LogP contribution in [0.15, 0.2) is 18.2 Å². The fourth-order valence-corrected chi connectivity index (χ4v) is 2.13. The van der Waals surface area contributed by atoms with Crippen molar-refractivity contribution in [3.63, 3.8) is 0 Å². The minimum Gasteiger partial charge on any atom is -0.327 e. The van der Waals surface area contributed by atoms with Crippen LogP contribution in [0, 0.1) is 0 Å². The Balaban J connectivity index is 2.48. The Morgan fingerprint density at radius 3 is 2.69 bits per heavy atom. The maximum Gasteiger partial charge on any atom is 0.0439 e. The van der Waals surface area contributed by atoms with Crippen molar-refractivity contribution in [1.82, 2.24) is 0 Å². The molecule has 0 saturated heterocycles. The van der Waals surface area contributed by atoms with Gasteiger partial charge < -0.3 is 5.73 Å². The fraction of sp³-hybridized carbons (Fsp3) is 0.538. The average Bonchev–Trinajstić information content (AvgIpc) is 2.24. The highest BCUT2D eigenvalue weighted by Crippen LogP contribution is 2.22. The summed E-state index contributed by atoms with van der Waals surface area (Å²) in [5, 5.41) is 1.48. The van der Waals surface area contributed by atoms with Crippen molar-refractivity contribution >= 4 is 23.2 Å². The van der Waals surface area contributed by atoms with Gasteiger partial charge in [-0.15, -0.1) is 0 Å². The van der Waals surface area contributed by atoms with Gasteiger partial charge in [0.2, 0.25) is 0 Å². The minimum atomic E-state index is 0.183. The van der Waals surface area contributed by atoms with Crippen LogP contribution in [-0.4, -0.2) is 6.04 Å². The van der Waals surface area contributed by atoms with Crippen LogP contribution >= 0.6 is 23.2 Å². The van der Waals surface area contributed by atoms with E-state index in [1.165, 1.54) is 19.3 Å². The van der Waals surface area contributed by atoms with Gasteiger partial charge >= 0.3 is 0 Å². The zero-order valence-electron chi connectivity index (χ0n) is 9.68. The van der Waals surface area contributed by atoms with Crippen LogP contribution in [0.4, 0.5) is 0 Å². The van der Waals surface area contributed by atoms with Crippen LogP contribution < -0.4 is 5.73 Å². The number of rotatable bonds is 6. The first-order chi connectivity index (χ1) is 7.63. The smallest absolute Gasteiger partial charge is 0.0439 e. The predicted molar refractivity (Wildman–Crippen MR) is 72.3 cm³/mol. The summed E-state index contributed by atoms with van der Waals surface area (Å²) in [7, 11) is 0. The summed E-state index contributed by atoms with van der Waals surface area (Å²) in [5.74, 6) is 0. The van der Waals surface area contributed by atoms with Crippen molar-refractivity contribution in [3.8, 4) is 0 Å². The molecule has 1 unspecified atom stereocenters. The summed E-state index contributed by atoms with van der Waals surface area (Å²) in [6.45, 7) is 2.19. The Morgan fingerprint density at radius 1 is 1.25 bits per heavy atom. The van der Waals surface area contributed by atoms with E-state index in [0.717, 1.165) is 28.5 Å². The summed E-state index contributed by atoms with van der Waals surface area (Å²) >= 11 is 12.0. The molecule has 1 rings (SSSR count). The molecule has 0 aliphatic carbocycles. The number of benzene rings is 1. The summed E-state index contributed by atoms with van der Waals surface area (Å²) in [6.07, 6.45) is 5.53. The molecule has 90 valence electrons. The highest BCUT2D eigenvalue weighted by molar-refractivity contribution is 6.33. The summed E-state index contributed by atoms with van der Waals surface area (Å²) in [6, 6.07) is 5.72. The molecule has 1 nitrogen and oxygen atoms in total. The highest BCUT2D eigenvalue weighted by Gasteiger charge is 2.07. The molecule has 1 aromatic rings. The molecular weight excluding hydrogens is 241 g/mol. The highest BCUT2D eigenvalue weighted by atomic mass is 35.5. The molecule has 0 fully saturated rings. The first-order valence-corrected chi connectivity index (χ1v) is 6.58. The van der Waals surface area contributed by atoms with E-state index in [1.54, 1.807) is 6.07 Å². The topological polar surface area (TPSA) is 26.0 Å². The van der Waals surface area contributed by atoms with Gasteiger partial charge in [-0.1, -0.05) is 49.4 Å². The van der Waals surface area contributed by atoms with Crippen molar-refractivity contribution in [3.05, 3.63) is 33.8 Å². The second kappa shape index (κ2) is 7.16. The van der Waals surface area contributed by atoms with Gasteiger partial charge in [-0.25, -0.2) is 0 Å². The molecule has 0 aliphatic rings. The second-order valence-electron chi connectivity index (χ2n) is 4.20. The van der Waals surface area contributed by atoms with Gasteiger partial charge in [0.25, 0.3) is 0 Å². The normalized spacial score (nSPS) is 12.8. The zero-order valence-corrected chi connectivity index (χ0v) is 11.2. The Bertz CT molecular complexity index is 326. The third kappa shape index (κ3) is 4.73. The van der Waals surface area contributed by atoms with E-state index in [2.05, 4.69) is 6.92 Å². The molecule has 2 N–H and O–H groups in total. The van der Waals surface area contributed by atoms with E-state index in [-0.39, 0.29) is 6.04 Å². The molecule has 0 amide bonds. The van der Waals surface area contributed by atoms with Crippen molar-refractivity contribution in [2.24, 2.45) is 5.73 Å². The number of halogens is 2. The summed E-state index contributed by atoms with van der Waals surface area (Å²) < 4.78 is 0. The molecule has 0 radical (unpaired) electrons. The lowest BCUT2D eigenvalue weighted by atomic mass is 10.0. The Kier molecular flexibility index (Phi) is 6.18. The third-order valence-corrected chi connectivity index (χ3v) is 3.27. The first-order valence-electron chi connectivity index (χ1n) is 5.83. The lowest BCUT2D eigenvalue weighted by Crippen LogP contribution is -2.22. The maximum absolute atomic E-state index is 6.09. The van der Waals surface area contributed by atoms with Crippen LogP contribution in [0.5, 0.6) is 0 Å². The van der Waals surface area contributed by atoms with Crippen molar-refractivity contribution < 1.29 is 0 Å². The molecule has 0 spiro atoms. The van der Waals surface area contributed by atoms with Crippen molar-refractivity contribution in [1.29, 1.82) is 0 Å². The molecular formula is C13H19Cl2N. The van der Waals surface area contributed by atoms with Gasteiger partial charge in [-0.2, -0.15) is 0 Å². The number of unbranched alkanes of at least 4 members (excludes halogenated alkanes) is 2. The third-order valence-electron chi connectivity index (χ3n) is 2.67. The molecule has 1 atom stereocenters. The first kappa shape index (κ1) is 13.8. The zero-order chi connectivity index (χ0) is 12.0. The number of hydrogen-bond acceptors (Lipinski definition) is 1. The molecule has 3 heteroatoms. The van der Waals surface area contributed by atoms with Crippen molar-refractivity contribution in [2.45, 2.75) is 45.1 Å². The second-order valence-corrected chi connectivity index (χ2v) is 5.04. The number of hydrogen-bond donors (Lipinski definition) is 1. The Morgan fingerprint density at radius 2 is 2.00 bits per heavy atom. The number of nitrogens with two attached hydrogens (primary N) is 1. The van der Waals surface area contributed by atoms with E-state index in [1.807, 2.05) is 12.1 Å². The quantitative estimate of drug-likeness (QED) is 0.751. The lowest BCUT2D eigenvalue weighted by molar-refractivity contribution is 0.557. The van der Waals surface area contributed by atoms with E-state index in [0.29, 0.717) is 0 Å². The molecule has 0 saturated carbocycles. The monoisotopic (exact) mass is 259 g/mol. The SMILES string of the molecule is CCCCCC(N)Cc1cc(Cl)ccc1Cl. The van der Waals surface area contributed by atoms with Gasteiger partial charge in [0.15, 0.2) is 0 Å². The van der Waals surface area contributed by atoms with Gasteiger partial charge in [0, 0.05) is 16.1 Å². The van der Waals surface area contributed by atoms with Gasteiger partial charge in [-0.05, 0) is 36.6 Å². The van der Waals surface area contributed by atoms with Gasteiger partial charge in [0.1, 0.15) is 0 Å². The molecule has 16 heavy (non-hydrogen) atoms. The summed E-state index contributed by atoms with van der Waals surface area (Å²) in [4.78, 5) is 0. The molecule has 0 bridgehead atoms. The van der Waals surface area contributed by atoms with Crippen LogP contribution in [0.25, 0.3) is 0 Å². The largest absolute Gasteiger partial charge is 0.327 e. The van der Waals surface area contributed by atoms with E-state index < -0.39 is 0 Å². The van der Waals surface area contributed by atoms with E-state index in [4.69, 9.17) is 28.9 Å². The van der Waals surface area contributed by atoms with Gasteiger partial charge in [-0.3, -0.25) is 0 Å². The van der Waals surface area contributed by atoms with Crippen LogP contribution in [0.1, 0.15) is 38.2 Å². The Hall–Kier alpha value is -0.240. The molecule has 0 heterocycles. The van der Waals surface area contributed by atoms with E-state index >= 15 is 0 Å². The Labute approximate surface area is 108 Å². The van der Waals surface area contributed by atoms with Crippen LogP contribution in [0.2, 0.25) is 10.0 Å². The van der Waals surface area contributed by atoms with Crippen LogP contribution in [-0.2, 0) is 6.42 Å². The lowest BCUT2D eigenvalue weighted by Gasteiger charge is -2.12. The van der Waals surface area contributed by atoms with Gasteiger partial charge in [0.05, 0.1) is 0 Å². The summed E-state index contributed by atoms with van der Waals surface area (Å²) in [5.41, 5.74) is 7.12. The maximum atomic E-state index is 6.09. The average molecular weight is 260 g/mol. The predicted octanol–water partition coefficient (Wildman–Crippen LogP) is 4.44. The molecule has 0 aromatic heterocycles.